The summed E-state index contributed by atoms with van der Waals surface area (Å²) in [5.74, 6) is -0.136. The summed E-state index contributed by atoms with van der Waals surface area (Å²) in [6.07, 6.45) is 3.36. The number of anilines is 1. The molecule has 5 heteroatoms. The highest BCUT2D eigenvalue weighted by Crippen LogP contribution is 2.10. The van der Waals surface area contributed by atoms with E-state index in [1.54, 1.807) is 41.2 Å². The topological polar surface area (TPSA) is 59.3 Å². The van der Waals surface area contributed by atoms with Crippen molar-refractivity contribution < 1.29 is 4.79 Å². The molecule has 0 fully saturated rings. The highest BCUT2D eigenvalue weighted by molar-refractivity contribution is 6.04. The largest absolute Gasteiger partial charge is 0.321 e. The van der Waals surface area contributed by atoms with E-state index in [4.69, 9.17) is 0 Å². The van der Waals surface area contributed by atoms with Crippen LogP contribution in [-0.4, -0.2) is 20.5 Å². The van der Waals surface area contributed by atoms with E-state index in [0.717, 1.165) is 5.65 Å². The average Bonchev–Trinajstić information content (AvgIpc) is 2.87. The summed E-state index contributed by atoms with van der Waals surface area (Å²) in [4.78, 5) is 11.9. The quantitative estimate of drug-likeness (QED) is 0.742. The van der Waals surface area contributed by atoms with Crippen LogP contribution in [-0.2, 0) is 0 Å². The van der Waals surface area contributed by atoms with Crippen molar-refractivity contribution in [1.82, 2.24) is 14.6 Å². The van der Waals surface area contributed by atoms with Crippen LogP contribution in [0.2, 0.25) is 0 Å². The lowest BCUT2D eigenvalue weighted by atomic mass is 10.2. The molecule has 3 rings (SSSR count). The second-order valence-corrected chi connectivity index (χ2v) is 3.83. The Morgan fingerprint density at radius 1 is 1.11 bits per heavy atom. The Bertz CT molecular complexity index is 690. The van der Waals surface area contributed by atoms with Crippen LogP contribution in [0.25, 0.3) is 5.65 Å². The van der Waals surface area contributed by atoms with Gasteiger partial charge in [-0.1, -0.05) is 18.2 Å². The minimum Gasteiger partial charge on any atom is -0.321 e. The number of rotatable bonds is 2. The normalized spacial score (nSPS) is 10.4. The van der Waals surface area contributed by atoms with Gasteiger partial charge in [-0.15, -0.1) is 10.2 Å². The van der Waals surface area contributed by atoms with Crippen molar-refractivity contribution in [2.24, 2.45) is 0 Å². The summed E-state index contributed by atoms with van der Waals surface area (Å²) in [7, 11) is 0. The molecule has 0 bridgehead atoms. The number of amides is 1. The first-order chi connectivity index (χ1) is 8.83. The summed E-state index contributed by atoms with van der Waals surface area (Å²) >= 11 is 0. The summed E-state index contributed by atoms with van der Waals surface area (Å²) in [6.45, 7) is 0. The molecule has 0 aliphatic carbocycles. The lowest BCUT2D eigenvalue weighted by Crippen LogP contribution is -2.11. The molecule has 0 spiro atoms. The lowest BCUT2D eigenvalue weighted by molar-refractivity contribution is 0.102. The van der Waals surface area contributed by atoms with Crippen LogP contribution in [0.4, 0.5) is 5.69 Å². The maximum atomic E-state index is 11.9. The van der Waals surface area contributed by atoms with E-state index in [0.29, 0.717) is 11.3 Å². The number of carbonyl (C=O) groups excluding carboxylic acids is 1. The maximum absolute atomic E-state index is 11.9. The van der Waals surface area contributed by atoms with Crippen LogP contribution in [0.15, 0.2) is 55.0 Å². The molecular weight excluding hydrogens is 228 g/mol. The van der Waals surface area contributed by atoms with Gasteiger partial charge in [-0.05, 0) is 24.3 Å². The number of nitrogens with one attached hydrogen (secondary N) is 1. The number of aromatic nitrogens is 3. The Morgan fingerprint density at radius 3 is 2.78 bits per heavy atom. The molecule has 0 unspecified atom stereocenters. The SMILES string of the molecule is O=C(Nc1ccc2nncn2c1)c1ccccc1. The van der Waals surface area contributed by atoms with E-state index in [9.17, 15) is 4.79 Å². The third-order valence-electron chi connectivity index (χ3n) is 2.58. The Morgan fingerprint density at radius 2 is 1.94 bits per heavy atom. The number of nitrogens with zero attached hydrogens (tertiary/aromatic N) is 3. The van der Waals surface area contributed by atoms with Crippen LogP contribution < -0.4 is 5.32 Å². The second kappa shape index (κ2) is 4.29. The van der Waals surface area contributed by atoms with Crippen molar-refractivity contribution >= 4 is 17.2 Å². The third-order valence-corrected chi connectivity index (χ3v) is 2.58. The van der Waals surface area contributed by atoms with Crippen molar-refractivity contribution in [3.05, 3.63) is 60.6 Å². The van der Waals surface area contributed by atoms with Gasteiger partial charge in [-0.3, -0.25) is 9.20 Å². The highest BCUT2D eigenvalue weighted by Gasteiger charge is 2.05. The first-order valence-corrected chi connectivity index (χ1v) is 5.49. The van der Waals surface area contributed by atoms with Gasteiger partial charge >= 0.3 is 0 Å². The van der Waals surface area contributed by atoms with E-state index in [2.05, 4.69) is 15.5 Å². The van der Waals surface area contributed by atoms with Crippen molar-refractivity contribution in [2.75, 3.05) is 5.32 Å². The Kier molecular flexibility index (Phi) is 2.49. The molecular formula is C13H10N4O. The van der Waals surface area contributed by atoms with Crippen molar-refractivity contribution in [1.29, 1.82) is 0 Å². The van der Waals surface area contributed by atoms with E-state index in [-0.39, 0.29) is 5.91 Å². The van der Waals surface area contributed by atoms with E-state index in [1.807, 2.05) is 18.2 Å². The molecule has 0 aliphatic rings. The molecule has 5 nitrogen and oxygen atoms in total. The van der Waals surface area contributed by atoms with Crippen LogP contribution in [0, 0.1) is 0 Å². The van der Waals surface area contributed by atoms with Gasteiger partial charge in [-0.25, -0.2) is 0 Å². The fourth-order valence-corrected chi connectivity index (χ4v) is 1.69. The smallest absolute Gasteiger partial charge is 0.255 e. The zero-order valence-electron chi connectivity index (χ0n) is 9.45. The van der Waals surface area contributed by atoms with Crippen LogP contribution in [0.5, 0.6) is 0 Å². The number of carbonyl (C=O) groups is 1. The standard InChI is InChI=1S/C13H10N4O/c18-13(10-4-2-1-3-5-10)15-11-6-7-12-16-14-9-17(12)8-11/h1-9H,(H,15,18). The van der Waals surface area contributed by atoms with Gasteiger partial charge in [-0.2, -0.15) is 0 Å². The summed E-state index contributed by atoms with van der Waals surface area (Å²) in [6, 6.07) is 12.7. The monoisotopic (exact) mass is 238 g/mol. The molecule has 0 atom stereocenters. The molecule has 88 valence electrons. The van der Waals surface area contributed by atoms with Gasteiger partial charge in [0.25, 0.3) is 5.91 Å². The molecule has 18 heavy (non-hydrogen) atoms. The molecule has 2 aromatic heterocycles. The summed E-state index contributed by atoms with van der Waals surface area (Å²) in [5, 5.41) is 10.5. The number of benzene rings is 1. The van der Waals surface area contributed by atoms with Crippen LogP contribution >= 0.6 is 0 Å². The fraction of sp³-hybridized carbons (Fsp3) is 0. The molecule has 1 aromatic carbocycles. The first-order valence-electron chi connectivity index (χ1n) is 5.49. The molecule has 0 radical (unpaired) electrons. The summed E-state index contributed by atoms with van der Waals surface area (Å²) in [5.41, 5.74) is 2.07. The molecule has 1 amide bonds. The van der Waals surface area contributed by atoms with Crippen molar-refractivity contribution in [3.8, 4) is 0 Å². The first kappa shape index (κ1) is 10.5. The third kappa shape index (κ3) is 1.93. The number of pyridine rings is 1. The predicted octanol–water partition coefficient (Wildman–Crippen LogP) is 1.98. The molecule has 0 saturated carbocycles. The van der Waals surface area contributed by atoms with E-state index < -0.39 is 0 Å². The molecule has 0 aliphatic heterocycles. The Hall–Kier alpha value is -2.69. The number of hydrogen-bond donors (Lipinski definition) is 1. The minimum atomic E-state index is -0.136. The molecule has 1 N–H and O–H groups in total. The van der Waals surface area contributed by atoms with Gasteiger partial charge in [0.05, 0.1) is 5.69 Å². The molecule has 0 saturated heterocycles. The van der Waals surface area contributed by atoms with Crippen LogP contribution in [0.1, 0.15) is 10.4 Å². The highest BCUT2D eigenvalue weighted by atomic mass is 16.1. The van der Waals surface area contributed by atoms with E-state index in [1.165, 1.54) is 0 Å². The number of fused-ring (bicyclic) bond motifs is 1. The van der Waals surface area contributed by atoms with Gasteiger partial charge in [0, 0.05) is 11.8 Å². The van der Waals surface area contributed by atoms with Crippen molar-refractivity contribution in [2.45, 2.75) is 0 Å². The zero-order valence-corrected chi connectivity index (χ0v) is 9.45. The van der Waals surface area contributed by atoms with E-state index >= 15 is 0 Å². The number of hydrogen-bond acceptors (Lipinski definition) is 3. The zero-order chi connectivity index (χ0) is 12.4. The lowest BCUT2D eigenvalue weighted by Gasteiger charge is -2.05. The Balaban J connectivity index is 1.86. The fourth-order valence-electron chi connectivity index (χ4n) is 1.69. The van der Waals surface area contributed by atoms with Gasteiger partial charge in [0.15, 0.2) is 5.65 Å². The Labute approximate surface area is 103 Å². The average molecular weight is 238 g/mol. The molecule has 3 aromatic rings. The second-order valence-electron chi connectivity index (χ2n) is 3.83. The summed E-state index contributed by atoms with van der Waals surface area (Å²) < 4.78 is 1.75. The van der Waals surface area contributed by atoms with Gasteiger partial charge in [0.1, 0.15) is 6.33 Å². The van der Waals surface area contributed by atoms with Gasteiger partial charge in [0.2, 0.25) is 0 Å². The van der Waals surface area contributed by atoms with Gasteiger partial charge < -0.3 is 5.32 Å². The van der Waals surface area contributed by atoms with Crippen molar-refractivity contribution in [3.63, 3.8) is 0 Å². The maximum Gasteiger partial charge on any atom is 0.255 e. The molecule has 2 heterocycles. The predicted molar refractivity (Wildman–Crippen MR) is 67.4 cm³/mol. The minimum absolute atomic E-state index is 0.136. The van der Waals surface area contributed by atoms with Crippen LogP contribution in [0.3, 0.4) is 0 Å².